The highest BCUT2D eigenvalue weighted by molar-refractivity contribution is 8.01. The lowest BCUT2D eigenvalue weighted by atomic mass is 10.0. The number of ether oxygens (including phenoxy) is 1. The van der Waals surface area contributed by atoms with Gasteiger partial charge in [-0.05, 0) is 13.8 Å². The van der Waals surface area contributed by atoms with Gasteiger partial charge in [0, 0.05) is 4.75 Å². The van der Waals surface area contributed by atoms with Crippen molar-refractivity contribution in [1.82, 2.24) is 5.32 Å². The highest BCUT2D eigenvalue weighted by Gasteiger charge is 2.44. The second-order valence-corrected chi connectivity index (χ2v) is 5.30. The van der Waals surface area contributed by atoms with Crippen molar-refractivity contribution in [2.45, 2.75) is 30.0 Å². The van der Waals surface area contributed by atoms with E-state index in [9.17, 15) is 4.79 Å². The molecule has 0 spiro atoms. The SMILES string of the molecule is C=CC1N[C@@H](C(=O)OC)C(C)(C)S1. The molecule has 1 fully saturated rings. The molecule has 74 valence electrons. The Bertz CT molecular complexity index is 228. The van der Waals surface area contributed by atoms with Gasteiger partial charge in [-0.15, -0.1) is 18.3 Å². The maximum absolute atomic E-state index is 11.4. The van der Waals surface area contributed by atoms with Crippen molar-refractivity contribution in [2.24, 2.45) is 0 Å². The third kappa shape index (κ3) is 2.06. The number of rotatable bonds is 2. The second-order valence-electron chi connectivity index (χ2n) is 3.50. The smallest absolute Gasteiger partial charge is 0.324 e. The minimum atomic E-state index is -0.245. The van der Waals surface area contributed by atoms with Crippen molar-refractivity contribution < 1.29 is 9.53 Å². The molecular formula is C9H15NO2S. The standard InChI is InChI=1S/C9H15NO2S/c1-5-6-10-7(8(11)12-4)9(2,3)13-6/h5-7,10H,1H2,2-4H3/t6?,7-/m0/s1. The van der Waals surface area contributed by atoms with E-state index in [1.54, 1.807) is 17.8 Å². The van der Waals surface area contributed by atoms with Gasteiger partial charge in [-0.2, -0.15) is 0 Å². The summed E-state index contributed by atoms with van der Waals surface area (Å²) in [5.41, 5.74) is 0. The number of carbonyl (C=O) groups excluding carboxylic acids is 1. The lowest BCUT2D eigenvalue weighted by Gasteiger charge is -2.22. The molecule has 0 radical (unpaired) electrons. The van der Waals surface area contributed by atoms with E-state index in [0.29, 0.717) is 0 Å². The maximum Gasteiger partial charge on any atom is 0.324 e. The fraction of sp³-hybridized carbons (Fsp3) is 0.667. The first-order valence-corrected chi connectivity index (χ1v) is 5.03. The lowest BCUT2D eigenvalue weighted by Crippen LogP contribution is -2.45. The fourth-order valence-corrected chi connectivity index (χ4v) is 2.64. The molecule has 1 rings (SSSR count). The van der Waals surface area contributed by atoms with E-state index in [0.717, 1.165) is 0 Å². The van der Waals surface area contributed by atoms with E-state index in [2.05, 4.69) is 11.9 Å². The summed E-state index contributed by atoms with van der Waals surface area (Å²) in [6.07, 6.45) is 1.80. The molecule has 1 heterocycles. The van der Waals surface area contributed by atoms with Crippen LogP contribution in [0.2, 0.25) is 0 Å². The van der Waals surface area contributed by atoms with Crippen LogP contribution in [0.15, 0.2) is 12.7 Å². The van der Waals surface area contributed by atoms with E-state index in [4.69, 9.17) is 4.74 Å². The monoisotopic (exact) mass is 201 g/mol. The normalized spacial score (nSPS) is 31.3. The lowest BCUT2D eigenvalue weighted by molar-refractivity contribution is -0.143. The number of methoxy groups -OCH3 is 1. The Morgan fingerprint density at radius 1 is 1.69 bits per heavy atom. The highest BCUT2D eigenvalue weighted by Crippen LogP contribution is 2.38. The number of nitrogens with one attached hydrogen (secondary N) is 1. The first-order chi connectivity index (χ1) is 6.01. The average Bonchev–Trinajstić information content (AvgIpc) is 2.39. The highest BCUT2D eigenvalue weighted by atomic mass is 32.2. The van der Waals surface area contributed by atoms with Gasteiger partial charge >= 0.3 is 5.97 Å². The van der Waals surface area contributed by atoms with Crippen molar-refractivity contribution in [2.75, 3.05) is 7.11 Å². The van der Waals surface area contributed by atoms with Gasteiger partial charge in [-0.25, -0.2) is 0 Å². The van der Waals surface area contributed by atoms with Crippen LogP contribution in [0.4, 0.5) is 0 Å². The largest absolute Gasteiger partial charge is 0.468 e. The van der Waals surface area contributed by atoms with Crippen LogP contribution in [0.3, 0.4) is 0 Å². The molecule has 4 heteroatoms. The summed E-state index contributed by atoms with van der Waals surface area (Å²) in [6, 6.07) is -0.245. The van der Waals surface area contributed by atoms with Crippen molar-refractivity contribution in [3.63, 3.8) is 0 Å². The van der Waals surface area contributed by atoms with Crippen molar-refractivity contribution in [3.8, 4) is 0 Å². The zero-order valence-electron chi connectivity index (χ0n) is 8.16. The Labute approximate surface area is 82.9 Å². The van der Waals surface area contributed by atoms with E-state index in [1.165, 1.54) is 7.11 Å². The van der Waals surface area contributed by atoms with Crippen LogP contribution in [0.1, 0.15) is 13.8 Å². The summed E-state index contributed by atoms with van der Waals surface area (Å²) in [4.78, 5) is 11.4. The molecule has 2 atom stereocenters. The van der Waals surface area contributed by atoms with Crippen LogP contribution >= 0.6 is 11.8 Å². The summed E-state index contributed by atoms with van der Waals surface area (Å²) in [6.45, 7) is 7.74. The zero-order valence-corrected chi connectivity index (χ0v) is 8.98. The van der Waals surface area contributed by atoms with Gasteiger partial charge < -0.3 is 4.74 Å². The zero-order chi connectivity index (χ0) is 10.1. The number of thioether (sulfide) groups is 1. The van der Waals surface area contributed by atoms with Gasteiger partial charge in [0.15, 0.2) is 0 Å². The van der Waals surface area contributed by atoms with Gasteiger partial charge in [-0.1, -0.05) is 6.08 Å². The third-order valence-corrected chi connectivity index (χ3v) is 3.53. The molecule has 1 N–H and O–H groups in total. The summed E-state index contributed by atoms with van der Waals surface area (Å²) >= 11 is 1.69. The summed E-state index contributed by atoms with van der Waals surface area (Å²) in [5.74, 6) is -0.207. The van der Waals surface area contributed by atoms with E-state index in [-0.39, 0.29) is 22.1 Å². The van der Waals surface area contributed by atoms with Crippen LogP contribution in [0.25, 0.3) is 0 Å². The summed E-state index contributed by atoms with van der Waals surface area (Å²) < 4.78 is 4.58. The Morgan fingerprint density at radius 3 is 2.69 bits per heavy atom. The maximum atomic E-state index is 11.4. The topological polar surface area (TPSA) is 38.3 Å². The summed E-state index contributed by atoms with van der Waals surface area (Å²) in [7, 11) is 1.41. The van der Waals surface area contributed by atoms with Crippen LogP contribution < -0.4 is 5.32 Å². The second kappa shape index (κ2) is 3.72. The van der Waals surface area contributed by atoms with Gasteiger partial charge in [-0.3, -0.25) is 10.1 Å². The van der Waals surface area contributed by atoms with E-state index < -0.39 is 0 Å². The molecule has 3 nitrogen and oxygen atoms in total. The molecule has 1 saturated heterocycles. The van der Waals surface area contributed by atoms with Gasteiger partial charge in [0.25, 0.3) is 0 Å². The van der Waals surface area contributed by atoms with Gasteiger partial charge in [0.2, 0.25) is 0 Å². The predicted octanol–water partition coefficient (Wildman–Crippen LogP) is 1.16. The quantitative estimate of drug-likeness (QED) is 0.537. The Balaban J connectivity index is 2.75. The van der Waals surface area contributed by atoms with Crippen molar-refractivity contribution in [1.29, 1.82) is 0 Å². The Morgan fingerprint density at radius 2 is 2.31 bits per heavy atom. The Kier molecular flexibility index (Phi) is 3.03. The fourth-order valence-electron chi connectivity index (χ4n) is 1.38. The van der Waals surface area contributed by atoms with Gasteiger partial charge in [0.1, 0.15) is 6.04 Å². The minimum absolute atomic E-state index is 0.133. The van der Waals surface area contributed by atoms with Crippen LogP contribution in [-0.2, 0) is 9.53 Å². The number of hydrogen-bond acceptors (Lipinski definition) is 4. The number of esters is 1. The van der Waals surface area contributed by atoms with Crippen LogP contribution in [0.5, 0.6) is 0 Å². The molecule has 1 aliphatic rings. The molecule has 0 aromatic carbocycles. The first-order valence-electron chi connectivity index (χ1n) is 4.15. The molecule has 0 aromatic heterocycles. The molecule has 0 aliphatic carbocycles. The molecule has 1 unspecified atom stereocenters. The van der Waals surface area contributed by atoms with Crippen molar-refractivity contribution in [3.05, 3.63) is 12.7 Å². The minimum Gasteiger partial charge on any atom is -0.468 e. The molecule has 0 aromatic rings. The molecule has 0 saturated carbocycles. The van der Waals surface area contributed by atoms with E-state index in [1.807, 2.05) is 13.8 Å². The molecule has 1 aliphatic heterocycles. The third-order valence-electron chi connectivity index (χ3n) is 2.11. The molecule has 0 bridgehead atoms. The molecule has 13 heavy (non-hydrogen) atoms. The molecular weight excluding hydrogens is 186 g/mol. The van der Waals surface area contributed by atoms with Crippen molar-refractivity contribution >= 4 is 17.7 Å². The van der Waals surface area contributed by atoms with Crippen LogP contribution in [0, 0.1) is 0 Å². The van der Waals surface area contributed by atoms with Gasteiger partial charge in [0.05, 0.1) is 12.5 Å². The van der Waals surface area contributed by atoms with E-state index >= 15 is 0 Å². The summed E-state index contributed by atoms with van der Waals surface area (Å²) in [5, 5.41) is 3.29. The average molecular weight is 201 g/mol. The number of hydrogen-bond donors (Lipinski definition) is 1. The molecule has 0 amide bonds. The Hall–Kier alpha value is -0.480. The predicted molar refractivity (Wildman–Crippen MR) is 54.6 cm³/mol. The first kappa shape index (κ1) is 10.6. The number of carbonyl (C=O) groups is 1. The van der Waals surface area contributed by atoms with Crippen LogP contribution in [-0.4, -0.2) is 29.2 Å².